The van der Waals surface area contributed by atoms with Crippen molar-refractivity contribution in [3.8, 4) is 0 Å². The van der Waals surface area contributed by atoms with Gasteiger partial charge in [-0.2, -0.15) is 0 Å². The number of hydrogen-bond donors (Lipinski definition) is 1. The topological polar surface area (TPSA) is 46.5 Å². The van der Waals surface area contributed by atoms with Crippen LogP contribution in [0.5, 0.6) is 0 Å². The molecule has 0 aromatic heterocycles. The number of aliphatic hydroxyl groups is 1. The maximum Gasteiger partial charge on any atom is 0.315 e. The summed E-state index contributed by atoms with van der Waals surface area (Å²) in [6.07, 6.45) is 2.03. The van der Waals surface area contributed by atoms with Crippen LogP contribution in [0.2, 0.25) is 0 Å². The summed E-state index contributed by atoms with van der Waals surface area (Å²) in [5, 5.41) is 9.75. The molecule has 0 amide bonds. The highest BCUT2D eigenvalue weighted by molar-refractivity contribution is 5.83. The van der Waals surface area contributed by atoms with Crippen molar-refractivity contribution in [2.75, 3.05) is 6.61 Å². The van der Waals surface area contributed by atoms with E-state index in [-0.39, 0.29) is 11.4 Å². The van der Waals surface area contributed by atoms with Crippen molar-refractivity contribution >= 4 is 5.97 Å². The van der Waals surface area contributed by atoms with Crippen LogP contribution in [0, 0.1) is 10.8 Å². The van der Waals surface area contributed by atoms with E-state index in [0.717, 1.165) is 19.3 Å². The Labute approximate surface area is 78.1 Å². The minimum Gasteiger partial charge on any atom is -0.465 e. The fourth-order valence-corrected chi connectivity index (χ4v) is 2.82. The monoisotopic (exact) mass is 184 g/mol. The largest absolute Gasteiger partial charge is 0.465 e. The highest BCUT2D eigenvalue weighted by Gasteiger charge is 2.76. The lowest BCUT2D eigenvalue weighted by Gasteiger charge is -2.17. The summed E-state index contributed by atoms with van der Waals surface area (Å²) in [5.74, 6) is -0.192. The molecule has 0 bridgehead atoms. The Morgan fingerprint density at radius 2 is 2.38 bits per heavy atom. The number of hydrogen-bond acceptors (Lipinski definition) is 3. The molecule has 0 aliphatic heterocycles. The number of esters is 1. The Balaban J connectivity index is 2.18. The number of aliphatic hydroxyl groups excluding tert-OH is 1. The fraction of sp³-hybridized carbons (Fsp3) is 0.900. The minimum atomic E-state index is -0.539. The minimum absolute atomic E-state index is 0.0265. The first-order valence-electron chi connectivity index (χ1n) is 4.92. The molecule has 2 rings (SSSR count). The molecule has 1 N–H and O–H groups in total. The number of carbonyl (C=O) groups is 1. The van der Waals surface area contributed by atoms with Gasteiger partial charge in [0, 0.05) is 0 Å². The molecule has 3 heteroatoms. The first kappa shape index (κ1) is 9.00. The average molecular weight is 184 g/mol. The van der Waals surface area contributed by atoms with Crippen molar-refractivity contribution in [2.24, 2.45) is 10.8 Å². The molecule has 0 saturated heterocycles. The zero-order valence-corrected chi connectivity index (χ0v) is 8.17. The molecule has 2 saturated carbocycles. The zero-order valence-electron chi connectivity index (χ0n) is 8.17. The summed E-state index contributed by atoms with van der Waals surface area (Å²) in [6, 6.07) is 0. The summed E-state index contributed by atoms with van der Waals surface area (Å²) in [5.41, 5.74) is -0.512. The third-order valence-electron chi connectivity index (χ3n) is 3.80. The number of carbonyl (C=O) groups excluding carboxylic acids is 1. The molecule has 0 aromatic carbocycles. The maximum absolute atomic E-state index is 11.6. The van der Waals surface area contributed by atoms with Gasteiger partial charge < -0.3 is 9.84 Å². The fourth-order valence-electron chi connectivity index (χ4n) is 2.82. The zero-order chi connectivity index (χ0) is 9.69. The van der Waals surface area contributed by atoms with Gasteiger partial charge in [0.05, 0.1) is 18.1 Å². The van der Waals surface area contributed by atoms with Gasteiger partial charge in [-0.1, -0.05) is 6.92 Å². The molecule has 3 nitrogen and oxygen atoms in total. The second-order valence-electron chi connectivity index (χ2n) is 4.48. The Hall–Kier alpha value is -0.570. The van der Waals surface area contributed by atoms with Crippen molar-refractivity contribution in [1.29, 1.82) is 0 Å². The van der Waals surface area contributed by atoms with Gasteiger partial charge in [0.15, 0.2) is 0 Å². The molecule has 0 aromatic rings. The normalized spacial score (nSPS) is 47.2. The van der Waals surface area contributed by atoms with Crippen LogP contribution in [0.4, 0.5) is 0 Å². The van der Waals surface area contributed by atoms with Gasteiger partial charge in [0.1, 0.15) is 0 Å². The Morgan fingerprint density at radius 3 is 2.77 bits per heavy atom. The van der Waals surface area contributed by atoms with Crippen LogP contribution >= 0.6 is 0 Å². The predicted octanol–water partition coefficient (Wildman–Crippen LogP) is 1.10. The second-order valence-corrected chi connectivity index (χ2v) is 4.48. The number of rotatable bonds is 2. The van der Waals surface area contributed by atoms with Crippen molar-refractivity contribution in [3.05, 3.63) is 0 Å². The molecule has 3 atom stereocenters. The van der Waals surface area contributed by atoms with E-state index < -0.39 is 11.5 Å². The van der Waals surface area contributed by atoms with Crippen LogP contribution in [-0.2, 0) is 9.53 Å². The first-order valence-corrected chi connectivity index (χ1v) is 4.92. The van der Waals surface area contributed by atoms with E-state index in [2.05, 4.69) is 6.92 Å². The van der Waals surface area contributed by atoms with Crippen molar-refractivity contribution < 1.29 is 14.6 Å². The summed E-state index contributed by atoms with van der Waals surface area (Å²) >= 11 is 0. The van der Waals surface area contributed by atoms with Crippen LogP contribution in [0.25, 0.3) is 0 Å². The highest BCUT2D eigenvalue weighted by Crippen LogP contribution is 2.73. The lowest BCUT2D eigenvalue weighted by Crippen LogP contribution is -2.31. The van der Waals surface area contributed by atoms with E-state index in [0.29, 0.717) is 6.61 Å². The molecular formula is C10H16O3. The third kappa shape index (κ3) is 0.909. The van der Waals surface area contributed by atoms with Gasteiger partial charge in [0.2, 0.25) is 0 Å². The molecule has 2 fully saturated rings. The van der Waals surface area contributed by atoms with Gasteiger partial charge >= 0.3 is 5.97 Å². The molecule has 3 unspecified atom stereocenters. The molecule has 2 aliphatic rings. The van der Waals surface area contributed by atoms with E-state index in [1.54, 1.807) is 6.92 Å². The van der Waals surface area contributed by atoms with Crippen molar-refractivity contribution in [1.82, 2.24) is 0 Å². The predicted molar refractivity (Wildman–Crippen MR) is 47.0 cm³/mol. The van der Waals surface area contributed by atoms with Crippen molar-refractivity contribution in [2.45, 2.75) is 39.2 Å². The summed E-state index contributed by atoms with van der Waals surface area (Å²) < 4.78 is 5.01. The highest BCUT2D eigenvalue weighted by atomic mass is 16.5. The number of ether oxygens (including phenoxy) is 1. The third-order valence-corrected chi connectivity index (χ3v) is 3.80. The van der Waals surface area contributed by atoms with E-state index in [9.17, 15) is 9.90 Å². The molecule has 2 aliphatic carbocycles. The van der Waals surface area contributed by atoms with Crippen LogP contribution in [-0.4, -0.2) is 23.8 Å². The van der Waals surface area contributed by atoms with Crippen LogP contribution in [0.15, 0.2) is 0 Å². The lowest BCUT2D eigenvalue weighted by atomic mass is 9.96. The van der Waals surface area contributed by atoms with E-state index in [4.69, 9.17) is 4.74 Å². The van der Waals surface area contributed by atoms with Crippen LogP contribution in [0.3, 0.4) is 0 Å². The SMILES string of the molecule is CCOC(=O)C12CC1(C)CCC2O. The van der Waals surface area contributed by atoms with Crippen LogP contribution in [0.1, 0.15) is 33.1 Å². The lowest BCUT2D eigenvalue weighted by molar-refractivity contribution is -0.154. The summed E-state index contributed by atoms with van der Waals surface area (Å²) in [4.78, 5) is 11.6. The summed E-state index contributed by atoms with van der Waals surface area (Å²) in [7, 11) is 0. The quantitative estimate of drug-likeness (QED) is 0.654. The van der Waals surface area contributed by atoms with Crippen LogP contribution < -0.4 is 0 Å². The van der Waals surface area contributed by atoms with Gasteiger partial charge in [-0.25, -0.2) is 0 Å². The summed E-state index contributed by atoms with van der Waals surface area (Å²) in [6.45, 7) is 4.28. The second kappa shape index (κ2) is 2.47. The Bertz CT molecular complexity index is 251. The molecule has 74 valence electrons. The van der Waals surface area contributed by atoms with Gasteiger partial charge in [0.25, 0.3) is 0 Å². The van der Waals surface area contributed by atoms with E-state index in [1.807, 2.05) is 0 Å². The van der Waals surface area contributed by atoms with E-state index in [1.165, 1.54) is 0 Å². The van der Waals surface area contributed by atoms with Gasteiger partial charge in [-0.05, 0) is 31.6 Å². The average Bonchev–Trinajstić information content (AvgIpc) is 2.64. The maximum atomic E-state index is 11.6. The number of fused-ring (bicyclic) bond motifs is 1. The Morgan fingerprint density at radius 1 is 1.69 bits per heavy atom. The van der Waals surface area contributed by atoms with Gasteiger partial charge in [-0.15, -0.1) is 0 Å². The van der Waals surface area contributed by atoms with Crippen molar-refractivity contribution in [3.63, 3.8) is 0 Å². The first-order chi connectivity index (χ1) is 6.07. The van der Waals surface area contributed by atoms with Gasteiger partial charge in [-0.3, -0.25) is 4.79 Å². The smallest absolute Gasteiger partial charge is 0.315 e. The molecule has 0 radical (unpaired) electrons. The molecule has 0 spiro atoms. The Kier molecular flexibility index (Phi) is 1.71. The standard InChI is InChI=1S/C10H16O3/c1-3-13-8(12)10-6-9(10,2)5-4-7(10)11/h7,11H,3-6H2,1-2H3. The van der Waals surface area contributed by atoms with E-state index >= 15 is 0 Å². The molecule has 0 heterocycles. The molecule has 13 heavy (non-hydrogen) atoms. The molecular weight excluding hydrogens is 168 g/mol.